The van der Waals surface area contributed by atoms with Crippen molar-refractivity contribution in [2.75, 3.05) is 19.0 Å². The number of nitrogens with one attached hydrogen (secondary N) is 2. The first-order valence-corrected chi connectivity index (χ1v) is 9.22. The van der Waals surface area contributed by atoms with E-state index in [1.165, 1.54) is 0 Å². The van der Waals surface area contributed by atoms with Crippen LogP contribution in [-0.2, 0) is 6.42 Å². The molecule has 4 rings (SSSR count). The molecular weight excluding hydrogens is 350 g/mol. The molecule has 3 heterocycles. The van der Waals surface area contributed by atoms with E-state index in [9.17, 15) is 4.79 Å². The number of hydrogen-bond donors (Lipinski definition) is 2. The number of ketones is 1. The van der Waals surface area contributed by atoms with Gasteiger partial charge in [0.05, 0.1) is 0 Å². The van der Waals surface area contributed by atoms with Crippen LogP contribution in [0.5, 0.6) is 0 Å². The first kappa shape index (κ1) is 18.0. The van der Waals surface area contributed by atoms with E-state index < -0.39 is 0 Å². The van der Waals surface area contributed by atoms with Gasteiger partial charge in [0.2, 0.25) is 0 Å². The molecular formula is C22H23N5O. The third-order valence-electron chi connectivity index (χ3n) is 5.08. The quantitative estimate of drug-likeness (QED) is 0.517. The SMILES string of the molecule is Cc1[nH]nc(C(=O)Cc2cnc3[nH]c(-c4cccc(N(C)C)c4)cc3c2)c1C. The number of nitrogens with zero attached hydrogens (tertiary/aromatic N) is 3. The van der Waals surface area contributed by atoms with Gasteiger partial charge in [-0.2, -0.15) is 5.10 Å². The van der Waals surface area contributed by atoms with E-state index in [2.05, 4.69) is 49.3 Å². The first-order chi connectivity index (χ1) is 13.4. The minimum Gasteiger partial charge on any atom is -0.378 e. The second-order valence-corrected chi connectivity index (χ2v) is 7.33. The van der Waals surface area contributed by atoms with E-state index in [0.29, 0.717) is 5.69 Å². The van der Waals surface area contributed by atoms with Crippen molar-refractivity contribution in [3.63, 3.8) is 0 Å². The zero-order chi connectivity index (χ0) is 19.8. The number of aromatic nitrogens is 4. The van der Waals surface area contributed by atoms with Crippen molar-refractivity contribution >= 4 is 22.5 Å². The molecule has 0 aliphatic heterocycles. The van der Waals surface area contributed by atoms with E-state index in [1.54, 1.807) is 6.20 Å². The van der Waals surface area contributed by atoms with Crippen LogP contribution in [0.1, 0.15) is 27.3 Å². The van der Waals surface area contributed by atoms with Crippen LogP contribution in [0, 0.1) is 13.8 Å². The zero-order valence-corrected chi connectivity index (χ0v) is 16.5. The monoisotopic (exact) mass is 373 g/mol. The van der Waals surface area contributed by atoms with Crippen LogP contribution in [-0.4, -0.2) is 40.0 Å². The summed E-state index contributed by atoms with van der Waals surface area (Å²) in [6.45, 7) is 3.83. The van der Waals surface area contributed by atoms with Crippen molar-refractivity contribution in [2.45, 2.75) is 20.3 Å². The number of fused-ring (bicyclic) bond motifs is 1. The Balaban J connectivity index is 1.62. The highest BCUT2D eigenvalue weighted by atomic mass is 16.1. The normalized spacial score (nSPS) is 11.1. The molecule has 0 saturated carbocycles. The molecule has 0 aliphatic rings. The van der Waals surface area contributed by atoms with Gasteiger partial charge in [-0.05, 0) is 43.7 Å². The van der Waals surface area contributed by atoms with Crippen LogP contribution in [0.3, 0.4) is 0 Å². The van der Waals surface area contributed by atoms with Crippen molar-refractivity contribution in [1.82, 2.24) is 20.2 Å². The summed E-state index contributed by atoms with van der Waals surface area (Å²) in [7, 11) is 4.05. The van der Waals surface area contributed by atoms with E-state index in [-0.39, 0.29) is 12.2 Å². The number of carbonyl (C=O) groups is 1. The minimum atomic E-state index is -0.00237. The molecule has 0 bridgehead atoms. The lowest BCUT2D eigenvalue weighted by atomic mass is 10.0. The standard InChI is InChI=1S/C22H23N5O/c1-13-14(2)25-26-21(13)20(28)9-15-8-17-11-19(24-22(17)23-12-15)16-6-5-7-18(10-16)27(3)4/h5-8,10-12H,9H2,1-4H3,(H,23,24)(H,25,26). The predicted octanol–water partition coefficient (Wildman–Crippen LogP) is 4.06. The Morgan fingerprint density at radius 1 is 1.14 bits per heavy atom. The molecule has 0 saturated heterocycles. The lowest BCUT2D eigenvalue weighted by Gasteiger charge is -2.13. The highest BCUT2D eigenvalue weighted by Gasteiger charge is 2.16. The molecule has 2 N–H and O–H groups in total. The summed E-state index contributed by atoms with van der Waals surface area (Å²) < 4.78 is 0. The average molecular weight is 373 g/mol. The number of carbonyl (C=O) groups excluding carboxylic acids is 1. The Morgan fingerprint density at radius 2 is 1.96 bits per heavy atom. The van der Waals surface area contributed by atoms with Crippen LogP contribution >= 0.6 is 0 Å². The Kier molecular flexibility index (Phi) is 4.47. The van der Waals surface area contributed by atoms with Crippen LogP contribution < -0.4 is 4.90 Å². The molecule has 28 heavy (non-hydrogen) atoms. The summed E-state index contributed by atoms with van der Waals surface area (Å²) >= 11 is 0. The van der Waals surface area contributed by atoms with E-state index in [0.717, 1.165) is 44.8 Å². The van der Waals surface area contributed by atoms with Gasteiger partial charge in [0, 0.05) is 60.3 Å². The number of pyridine rings is 1. The number of hydrogen-bond acceptors (Lipinski definition) is 4. The van der Waals surface area contributed by atoms with Gasteiger partial charge < -0.3 is 9.88 Å². The largest absolute Gasteiger partial charge is 0.378 e. The molecule has 1 aromatic carbocycles. The number of anilines is 1. The van der Waals surface area contributed by atoms with Gasteiger partial charge >= 0.3 is 0 Å². The highest BCUT2D eigenvalue weighted by Crippen LogP contribution is 2.27. The summed E-state index contributed by atoms with van der Waals surface area (Å²) in [5, 5.41) is 8.00. The van der Waals surface area contributed by atoms with Crippen LogP contribution in [0.25, 0.3) is 22.3 Å². The smallest absolute Gasteiger partial charge is 0.187 e. The van der Waals surface area contributed by atoms with E-state index >= 15 is 0 Å². The Bertz CT molecular complexity index is 1170. The fourth-order valence-corrected chi connectivity index (χ4v) is 3.29. The van der Waals surface area contributed by atoms with Crippen molar-refractivity contribution in [3.8, 4) is 11.3 Å². The molecule has 0 fully saturated rings. The summed E-state index contributed by atoms with van der Waals surface area (Å²) in [5.41, 5.74) is 7.28. The van der Waals surface area contributed by atoms with Gasteiger partial charge in [-0.3, -0.25) is 9.89 Å². The topological polar surface area (TPSA) is 77.7 Å². The molecule has 0 radical (unpaired) electrons. The molecule has 4 aromatic rings. The molecule has 6 nitrogen and oxygen atoms in total. The lowest BCUT2D eigenvalue weighted by molar-refractivity contribution is 0.0987. The maximum absolute atomic E-state index is 12.6. The maximum Gasteiger partial charge on any atom is 0.187 e. The molecule has 0 spiro atoms. The molecule has 0 unspecified atom stereocenters. The van der Waals surface area contributed by atoms with Crippen molar-refractivity contribution in [2.24, 2.45) is 0 Å². The number of aryl methyl sites for hydroxylation is 1. The third kappa shape index (κ3) is 3.29. The Hall–Kier alpha value is -3.41. The number of Topliss-reactive ketones (excluding diaryl/α,β-unsaturated/α-hetero) is 1. The molecule has 142 valence electrons. The fraction of sp³-hybridized carbons (Fsp3) is 0.227. The molecule has 0 aliphatic carbocycles. The number of benzene rings is 1. The predicted molar refractivity (Wildman–Crippen MR) is 112 cm³/mol. The van der Waals surface area contributed by atoms with Gasteiger partial charge in [-0.1, -0.05) is 12.1 Å². The third-order valence-corrected chi connectivity index (χ3v) is 5.08. The maximum atomic E-state index is 12.6. The fourth-order valence-electron chi connectivity index (χ4n) is 3.29. The molecule has 6 heteroatoms. The average Bonchev–Trinajstić information content (AvgIpc) is 3.25. The highest BCUT2D eigenvalue weighted by molar-refractivity contribution is 5.97. The number of rotatable bonds is 5. The van der Waals surface area contributed by atoms with Crippen molar-refractivity contribution < 1.29 is 4.79 Å². The number of H-pyrrole nitrogens is 2. The van der Waals surface area contributed by atoms with E-state index in [1.807, 2.05) is 40.1 Å². The molecule has 0 amide bonds. The second kappa shape index (κ2) is 6.96. The van der Waals surface area contributed by atoms with Gasteiger partial charge in [0.25, 0.3) is 0 Å². The van der Waals surface area contributed by atoms with Crippen LogP contribution in [0.4, 0.5) is 5.69 Å². The van der Waals surface area contributed by atoms with Gasteiger partial charge in [0.1, 0.15) is 11.3 Å². The van der Waals surface area contributed by atoms with Crippen LogP contribution in [0.15, 0.2) is 42.6 Å². The van der Waals surface area contributed by atoms with Gasteiger partial charge in [0.15, 0.2) is 5.78 Å². The van der Waals surface area contributed by atoms with E-state index in [4.69, 9.17) is 0 Å². The second-order valence-electron chi connectivity index (χ2n) is 7.33. The molecule has 3 aromatic heterocycles. The summed E-state index contributed by atoms with van der Waals surface area (Å²) in [6.07, 6.45) is 2.04. The molecule has 0 atom stereocenters. The summed E-state index contributed by atoms with van der Waals surface area (Å²) in [6, 6.07) is 12.4. The Labute approximate surface area is 163 Å². The van der Waals surface area contributed by atoms with Crippen LogP contribution in [0.2, 0.25) is 0 Å². The zero-order valence-electron chi connectivity index (χ0n) is 16.5. The summed E-state index contributed by atoms with van der Waals surface area (Å²) in [4.78, 5) is 22.5. The van der Waals surface area contributed by atoms with Crippen molar-refractivity contribution in [1.29, 1.82) is 0 Å². The summed E-state index contributed by atoms with van der Waals surface area (Å²) in [5.74, 6) is -0.00237. The Morgan fingerprint density at radius 3 is 2.68 bits per heavy atom. The van der Waals surface area contributed by atoms with Gasteiger partial charge in [-0.25, -0.2) is 4.98 Å². The lowest BCUT2D eigenvalue weighted by Crippen LogP contribution is -2.08. The first-order valence-electron chi connectivity index (χ1n) is 9.22. The van der Waals surface area contributed by atoms with Crippen molar-refractivity contribution in [3.05, 3.63) is 65.1 Å². The number of aromatic amines is 2. The van der Waals surface area contributed by atoms with Gasteiger partial charge in [-0.15, -0.1) is 0 Å². The minimum absolute atomic E-state index is 0.00237.